The zero-order chi connectivity index (χ0) is 20.5. The van der Waals surface area contributed by atoms with E-state index in [0.717, 1.165) is 29.7 Å². The summed E-state index contributed by atoms with van der Waals surface area (Å²) < 4.78 is 0. The van der Waals surface area contributed by atoms with Crippen molar-refractivity contribution in [3.8, 4) is 0 Å². The van der Waals surface area contributed by atoms with E-state index >= 15 is 0 Å². The van der Waals surface area contributed by atoms with E-state index in [2.05, 4.69) is 22.2 Å². The lowest BCUT2D eigenvalue weighted by molar-refractivity contribution is -0.133. The van der Waals surface area contributed by atoms with E-state index in [1.54, 1.807) is 0 Å². The van der Waals surface area contributed by atoms with Crippen LogP contribution >= 0.6 is 11.6 Å². The molecule has 2 atom stereocenters. The van der Waals surface area contributed by atoms with Gasteiger partial charge in [-0.15, -0.1) is 0 Å². The van der Waals surface area contributed by atoms with Gasteiger partial charge in [-0.1, -0.05) is 30.7 Å². The van der Waals surface area contributed by atoms with Crippen molar-refractivity contribution in [1.82, 2.24) is 14.9 Å². The molecule has 3 heterocycles. The molecule has 0 radical (unpaired) electrons. The van der Waals surface area contributed by atoms with Crippen molar-refractivity contribution < 1.29 is 9.59 Å². The van der Waals surface area contributed by atoms with Crippen LogP contribution in [-0.4, -0.2) is 39.8 Å². The van der Waals surface area contributed by atoms with Gasteiger partial charge in [0.1, 0.15) is 12.1 Å². The summed E-state index contributed by atoms with van der Waals surface area (Å²) in [5.41, 5.74) is 3.07. The van der Waals surface area contributed by atoms with Gasteiger partial charge in [-0.3, -0.25) is 9.59 Å². The smallest absolute Gasteiger partial charge is 0.229 e. The highest BCUT2D eigenvalue weighted by Gasteiger charge is 2.33. The third kappa shape index (κ3) is 3.99. The van der Waals surface area contributed by atoms with Gasteiger partial charge in [-0.05, 0) is 43.4 Å². The van der Waals surface area contributed by atoms with Gasteiger partial charge >= 0.3 is 0 Å². The Morgan fingerprint density at radius 2 is 1.90 bits per heavy atom. The molecule has 0 bridgehead atoms. The second kappa shape index (κ2) is 8.11. The van der Waals surface area contributed by atoms with Crippen LogP contribution in [-0.2, 0) is 9.59 Å². The molecular formula is C22H25ClN4O2. The van der Waals surface area contributed by atoms with E-state index in [0.29, 0.717) is 30.4 Å². The van der Waals surface area contributed by atoms with E-state index in [9.17, 15) is 9.59 Å². The standard InChI is InChI=1S/C22H25ClN4O2/c1-13-11-18(28)26-21-19(13)20(24-12-25-21)16-7-9-27(10-8-16)22(29)14(2)15-3-5-17(23)6-4-15/h3-6,12-14,16H,7-11H2,1-2H3,(H,24,25,26,28)/t13-,14+/m1/s1. The summed E-state index contributed by atoms with van der Waals surface area (Å²) in [6, 6.07) is 7.48. The van der Waals surface area contributed by atoms with Crippen LogP contribution < -0.4 is 5.32 Å². The molecule has 7 heteroatoms. The van der Waals surface area contributed by atoms with E-state index in [4.69, 9.17) is 11.6 Å². The van der Waals surface area contributed by atoms with Gasteiger partial charge < -0.3 is 10.2 Å². The third-order valence-electron chi connectivity index (χ3n) is 6.09. The van der Waals surface area contributed by atoms with Gasteiger partial charge in [0.15, 0.2) is 0 Å². The molecule has 1 aromatic heterocycles. The second-order valence-electron chi connectivity index (χ2n) is 8.05. The maximum atomic E-state index is 13.0. The summed E-state index contributed by atoms with van der Waals surface area (Å²) in [5, 5.41) is 3.54. The number of rotatable bonds is 3. The Labute approximate surface area is 175 Å². The minimum atomic E-state index is -0.189. The van der Waals surface area contributed by atoms with Crippen molar-refractivity contribution in [2.24, 2.45) is 0 Å². The monoisotopic (exact) mass is 412 g/mol. The van der Waals surface area contributed by atoms with E-state index in [-0.39, 0.29) is 29.6 Å². The summed E-state index contributed by atoms with van der Waals surface area (Å²) in [6.45, 7) is 5.42. The minimum Gasteiger partial charge on any atom is -0.342 e. The van der Waals surface area contributed by atoms with Gasteiger partial charge in [0.25, 0.3) is 0 Å². The Hall–Kier alpha value is -2.47. The number of nitrogens with one attached hydrogen (secondary N) is 1. The number of carbonyl (C=O) groups excluding carboxylic acids is 2. The van der Waals surface area contributed by atoms with Gasteiger partial charge in [0, 0.05) is 36.0 Å². The lowest BCUT2D eigenvalue weighted by Gasteiger charge is -2.35. The number of halogens is 1. The number of piperidine rings is 1. The first kappa shape index (κ1) is 19.8. The zero-order valence-electron chi connectivity index (χ0n) is 16.7. The SMILES string of the molecule is C[C@@H]1CC(=O)Nc2ncnc(C3CCN(C(=O)[C@@H](C)c4ccc(Cl)cc4)CC3)c21. The normalized spacial score (nSPS) is 20.7. The number of likely N-dealkylation sites (tertiary alicyclic amines) is 1. The molecule has 0 aliphatic carbocycles. The predicted molar refractivity (Wildman–Crippen MR) is 112 cm³/mol. The lowest BCUT2D eigenvalue weighted by Crippen LogP contribution is -2.40. The number of hydrogen-bond donors (Lipinski definition) is 1. The first-order valence-electron chi connectivity index (χ1n) is 10.1. The van der Waals surface area contributed by atoms with E-state index < -0.39 is 0 Å². The van der Waals surface area contributed by atoms with E-state index in [1.807, 2.05) is 36.1 Å². The molecular weight excluding hydrogens is 388 g/mol. The van der Waals surface area contributed by atoms with E-state index in [1.165, 1.54) is 6.33 Å². The van der Waals surface area contributed by atoms with Crippen molar-refractivity contribution in [3.63, 3.8) is 0 Å². The molecule has 0 spiro atoms. The molecule has 2 aliphatic heterocycles. The molecule has 0 saturated carbocycles. The first-order valence-corrected chi connectivity index (χ1v) is 10.5. The number of anilines is 1. The highest BCUT2D eigenvalue weighted by molar-refractivity contribution is 6.30. The fraction of sp³-hybridized carbons (Fsp3) is 0.455. The molecule has 1 N–H and O–H groups in total. The molecule has 1 aromatic carbocycles. The van der Waals surface area contributed by atoms with Gasteiger partial charge in [0.05, 0.1) is 11.6 Å². The molecule has 2 amide bonds. The minimum absolute atomic E-state index is 0.00579. The Bertz CT molecular complexity index is 923. The number of hydrogen-bond acceptors (Lipinski definition) is 4. The average molecular weight is 413 g/mol. The van der Waals surface area contributed by atoms with Crippen molar-refractivity contribution >= 4 is 29.2 Å². The Morgan fingerprint density at radius 1 is 1.21 bits per heavy atom. The van der Waals surface area contributed by atoms with Crippen molar-refractivity contribution in [3.05, 3.63) is 52.4 Å². The van der Waals surface area contributed by atoms with Crippen LogP contribution in [0.2, 0.25) is 5.02 Å². The summed E-state index contributed by atoms with van der Waals surface area (Å²) >= 11 is 5.96. The van der Waals surface area contributed by atoms with Gasteiger partial charge in [0.2, 0.25) is 11.8 Å². The van der Waals surface area contributed by atoms with Gasteiger partial charge in [-0.2, -0.15) is 0 Å². The molecule has 29 heavy (non-hydrogen) atoms. The number of carbonyl (C=O) groups is 2. The number of nitrogens with zero attached hydrogens (tertiary/aromatic N) is 3. The molecule has 6 nitrogen and oxygen atoms in total. The largest absolute Gasteiger partial charge is 0.342 e. The van der Waals surface area contributed by atoms with Crippen LogP contribution in [0.1, 0.15) is 67.7 Å². The van der Waals surface area contributed by atoms with Crippen LogP contribution in [0, 0.1) is 0 Å². The molecule has 152 valence electrons. The maximum Gasteiger partial charge on any atom is 0.229 e. The zero-order valence-corrected chi connectivity index (χ0v) is 17.4. The summed E-state index contributed by atoms with van der Waals surface area (Å²) in [5.74, 6) is 1.00. The summed E-state index contributed by atoms with van der Waals surface area (Å²) in [4.78, 5) is 35.6. The van der Waals surface area contributed by atoms with Gasteiger partial charge in [-0.25, -0.2) is 9.97 Å². The van der Waals surface area contributed by atoms with Crippen molar-refractivity contribution in [2.75, 3.05) is 18.4 Å². The highest BCUT2D eigenvalue weighted by Crippen LogP contribution is 2.38. The fourth-order valence-electron chi connectivity index (χ4n) is 4.42. The van der Waals surface area contributed by atoms with Crippen molar-refractivity contribution in [1.29, 1.82) is 0 Å². The van der Waals surface area contributed by atoms with Crippen LogP contribution in [0.3, 0.4) is 0 Å². The third-order valence-corrected chi connectivity index (χ3v) is 6.34. The Balaban J connectivity index is 1.45. The Morgan fingerprint density at radius 3 is 2.59 bits per heavy atom. The topological polar surface area (TPSA) is 75.2 Å². The Kier molecular flexibility index (Phi) is 5.54. The number of fused-ring (bicyclic) bond motifs is 1. The van der Waals surface area contributed by atoms with Crippen molar-refractivity contribution in [2.45, 2.75) is 50.9 Å². The van der Waals surface area contributed by atoms with Crippen LogP contribution in [0.5, 0.6) is 0 Å². The summed E-state index contributed by atoms with van der Waals surface area (Å²) in [6.07, 6.45) is 3.72. The molecule has 2 aliphatic rings. The van der Waals surface area contributed by atoms with Crippen LogP contribution in [0.15, 0.2) is 30.6 Å². The van der Waals surface area contributed by atoms with Crippen LogP contribution in [0.4, 0.5) is 5.82 Å². The summed E-state index contributed by atoms with van der Waals surface area (Å²) in [7, 11) is 0. The first-order chi connectivity index (χ1) is 13.9. The number of amides is 2. The number of aromatic nitrogens is 2. The maximum absolute atomic E-state index is 13.0. The molecule has 0 unspecified atom stereocenters. The second-order valence-corrected chi connectivity index (χ2v) is 8.48. The predicted octanol–water partition coefficient (Wildman–Crippen LogP) is 4.09. The lowest BCUT2D eigenvalue weighted by atomic mass is 9.84. The molecule has 4 rings (SSSR count). The molecule has 1 saturated heterocycles. The number of benzene rings is 1. The van der Waals surface area contributed by atoms with Crippen LogP contribution in [0.25, 0.3) is 0 Å². The highest BCUT2D eigenvalue weighted by atomic mass is 35.5. The fourth-order valence-corrected chi connectivity index (χ4v) is 4.55. The molecule has 2 aromatic rings. The average Bonchev–Trinajstić information content (AvgIpc) is 2.72. The quantitative estimate of drug-likeness (QED) is 0.823. The molecule has 1 fully saturated rings.